The van der Waals surface area contributed by atoms with Gasteiger partial charge in [-0.05, 0) is 31.1 Å². The van der Waals surface area contributed by atoms with Gasteiger partial charge in [0.05, 0.1) is 6.10 Å². The van der Waals surface area contributed by atoms with E-state index in [0.717, 1.165) is 44.0 Å². The van der Waals surface area contributed by atoms with E-state index in [-0.39, 0.29) is 0 Å². The molecule has 0 amide bonds. The van der Waals surface area contributed by atoms with Gasteiger partial charge in [0.25, 0.3) is 0 Å². The number of hydrogen-bond donors (Lipinski definition) is 1. The molecule has 3 atom stereocenters. The fraction of sp³-hybridized carbons (Fsp3) is 0.929. The van der Waals surface area contributed by atoms with Crippen LogP contribution in [-0.4, -0.2) is 50.3 Å². The zero-order valence-corrected chi connectivity index (χ0v) is 12.0. The van der Waals surface area contributed by atoms with Crippen LogP contribution >= 0.6 is 0 Å². The highest BCUT2D eigenvalue weighted by Crippen LogP contribution is 2.21. The molecule has 2 fully saturated rings. The van der Waals surface area contributed by atoms with Crippen LogP contribution in [0.5, 0.6) is 0 Å². The maximum absolute atomic E-state index is 5.64. The highest BCUT2D eigenvalue weighted by atomic mass is 16.5. The number of hydrogen-bond acceptors (Lipinski definition) is 2. The first-order chi connectivity index (χ1) is 8.69. The number of nitrogens with one attached hydrogen (secondary N) is 1. The number of ether oxygens (including phenoxy) is 1. The summed E-state index contributed by atoms with van der Waals surface area (Å²) in [4.78, 5) is 6.81. The molecule has 0 radical (unpaired) electrons. The lowest BCUT2D eigenvalue weighted by molar-refractivity contribution is 0.112. The van der Waals surface area contributed by atoms with Gasteiger partial charge in [0.1, 0.15) is 0 Å². The third-order valence-electron chi connectivity index (χ3n) is 3.89. The van der Waals surface area contributed by atoms with E-state index in [1.807, 2.05) is 7.05 Å². The van der Waals surface area contributed by atoms with Crippen LogP contribution in [0, 0.1) is 11.8 Å². The standard InChI is InChI=1S/C14H27N3O/c1-11-7-12(2)10-17(9-11)14(15-3)16-8-13-5-4-6-18-13/h11-13H,4-10H2,1-3H3,(H,15,16). The predicted molar refractivity (Wildman–Crippen MR) is 74.9 cm³/mol. The maximum atomic E-state index is 5.64. The second kappa shape index (κ2) is 6.41. The van der Waals surface area contributed by atoms with Crippen LogP contribution in [0.15, 0.2) is 4.99 Å². The summed E-state index contributed by atoms with van der Waals surface area (Å²) in [6, 6.07) is 0. The third kappa shape index (κ3) is 3.61. The Morgan fingerprint density at radius 2 is 2.06 bits per heavy atom. The Morgan fingerprint density at radius 1 is 1.33 bits per heavy atom. The molecule has 4 nitrogen and oxygen atoms in total. The lowest BCUT2D eigenvalue weighted by Gasteiger charge is -2.37. The fourth-order valence-corrected chi connectivity index (χ4v) is 3.18. The smallest absolute Gasteiger partial charge is 0.193 e. The van der Waals surface area contributed by atoms with E-state index in [0.29, 0.717) is 6.10 Å². The van der Waals surface area contributed by atoms with E-state index in [4.69, 9.17) is 4.74 Å². The van der Waals surface area contributed by atoms with E-state index in [9.17, 15) is 0 Å². The summed E-state index contributed by atoms with van der Waals surface area (Å²) in [5.41, 5.74) is 0. The van der Waals surface area contributed by atoms with Crippen molar-refractivity contribution in [1.29, 1.82) is 0 Å². The van der Waals surface area contributed by atoms with Crippen molar-refractivity contribution in [2.24, 2.45) is 16.8 Å². The van der Waals surface area contributed by atoms with E-state index < -0.39 is 0 Å². The van der Waals surface area contributed by atoms with Gasteiger partial charge in [-0.1, -0.05) is 13.8 Å². The Morgan fingerprint density at radius 3 is 2.61 bits per heavy atom. The van der Waals surface area contributed by atoms with E-state index in [1.54, 1.807) is 0 Å². The quantitative estimate of drug-likeness (QED) is 0.601. The van der Waals surface area contributed by atoms with Crippen molar-refractivity contribution in [2.45, 2.75) is 39.2 Å². The van der Waals surface area contributed by atoms with Crippen molar-refractivity contribution in [3.05, 3.63) is 0 Å². The fourth-order valence-electron chi connectivity index (χ4n) is 3.18. The zero-order chi connectivity index (χ0) is 13.0. The molecule has 18 heavy (non-hydrogen) atoms. The van der Waals surface area contributed by atoms with Gasteiger partial charge in [-0.15, -0.1) is 0 Å². The number of rotatable bonds is 2. The maximum Gasteiger partial charge on any atom is 0.193 e. The molecule has 1 N–H and O–H groups in total. The number of piperidine rings is 1. The molecule has 2 aliphatic heterocycles. The summed E-state index contributed by atoms with van der Waals surface area (Å²) >= 11 is 0. The molecule has 0 spiro atoms. The molecule has 2 aliphatic rings. The van der Waals surface area contributed by atoms with Crippen LogP contribution in [0.25, 0.3) is 0 Å². The van der Waals surface area contributed by atoms with Gasteiger partial charge in [0.15, 0.2) is 5.96 Å². The van der Waals surface area contributed by atoms with Crippen molar-refractivity contribution in [2.75, 3.05) is 33.3 Å². The summed E-state index contributed by atoms with van der Waals surface area (Å²) in [6.45, 7) is 8.71. The summed E-state index contributed by atoms with van der Waals surface area (Å²) in [7, 11) is 1.88. The van der Waals surface area contributed by atoms with Crippen LogP contribution in [0.1, 0.15) is 33.1 Å². The molecule has 2 saturated heterocycles. The van der Waals surface area contributed by atoms with Gasteiger partial charge in [-0.3, -0.25) is 4.99 Å². The molecular weight excluding hydrogens is 226 g/mol. The highest BCUT2D eigenvalue weighted by molar-refractivity contribution is 5.80. The van der Waals surface area contributed by atoms with Crippen molar-refractivity contribution in [3.63, 3.8) is 0 Å². The first-order valence-electron chi connectivity index (χ1n) is 7.26. The van der Waals surface area contributed by atoms with Crippen molar-refractivity contribution in [1.82, 2.24) is 10.2 Å². The highest BCUT2D eigenvalue weighted by Gasteiger charge is 2.24. The first kappa shape index (κ1) is 13.7. The minimum absolute atomic E-state index is 0.376. The Balaban J connectivity index is 1.83. The molecule has 104 valence electrons. The molecule has 0 aliphatic carbocycles. The van der Waals surface area contributed by atoms with Gasteiger partial charge in [0.2, 0.25) is 0 Å². The molecule has 2 heterocycles. The Hall–Kier alpha value is -0.770. The molecule has 0 aromatic heterocycles. The first-order valence-corrected chi connectivity index (χ1v) is 7.26. The minimum atomic E-state index is 0.376. The largest absolute Gasteiger partial charge is 0.376 e. The van der Waals surface area contributed by atoms with Crippen LogP contribution in [-0.2, 0) is 4.74 Å². The molecule has 0 saturated carbocycles. The molecule has 3 unspecified atom stereocenters. The number of guanidine groups is 1. The molecule has 4 heteroatoms. The Labute approximate surface area is 111 Å². The SMILES string of the molecule is CN=C(NCC1CCCO1)N1CC(C)CC(C)C1. The normalized spacial score (nSPS) is 33.8. The van der Waals surface area contributed by atoms with Gasteiger partial charge in [-0.25, -0.2) is 0 Å². The topological polar surface area (TPSA) is 36.9 Å². The third-order valence-corrected chi connectivity index (χ3v) is 3.89. The predicted octanol–water partition coefficient (Wildman–Crippen LogP) is 1.72. The lowest BCUT2D eigenvalue weighted by Crippen LogP contribution is -2.49. The van der Waals surface area contributed by atoms with Crippen molar-refractivity contribution < 1.29 is 4.74 Å². The van der Waals surface area contributed by atoms with E-state index in [2.05, 4.69) is 29.1 Å². The number of likely N-dealkylation sites (tertiary alicyclic amines) is 1. The summed E-state index contributed by atoms with van der Waals surface area (Å²) in [5, 5.41) is 3.47. The average molecular weight is 253 g/mol. The molecule has 0 aromatic carbocycles. The second-order valence-corrected chi connectivity index (χ2v) is 5.91. The molecule has 2 rings (SSSR count). The molecule has 0 bridgehead atoms. The Kier molecular flexibility index (Phi) is 4.87. The minimum Gasteiger partial charge on any atom is -0.376 e. The molecule has 0 aromatic rings. The van der Waals surface area contributed by atoms with Crippen LogP contribution in [0.4, 0.5) is 0 Å². The van der Waals surface area contributed by atoms with Gasteiger partial charge in [-0.2, -0.15) is 0 Å². The second-order valence-electron chi connectivity index (χ2n) is 5.91. The van der Waals surface area contributed by atoms with Crippen LogP contribution in [0.3, 0.4) is 0 Å². The Bertz CT molecular complexity index is 277. The van der Waals surface area contributed by atoms with Gasteiger partial charge in [0, 0.05) is 33.3 Å². The van der Waals surface area contributed by atoms with Crippen molar-refractivity contribution >= 4 is 5.96 Å². The van der Waals surface area contributed by atoms with Crippen LogP contribution in [0.2, 0.25) is 0 Å². The van der Waals surface area contributed by atoms with E-state index in [1.165, 1.54) is 19.3 Å². The summed E-state index contributed by atoms with van der Waals surface area (Å²) in [5.74, 6) is 2.56. The number of aliphatic imine (C=N–C) groups is 1. The van der Waals surface area contributed by atoms with E-state index >= 15 is 0 Å². The zero-order valence-electron chi connectivity index (χ0n) is 12.0. The monoisotopic (exact) mass is 253 g/mol. The number of nitrogens with zero attached hydrogens (tertiary/aromatic N) is 2. The van der Waals surface area contributed by atoms with Crippen molar-refractivity contribution in [3.8, 4) is 0 Å². The summed E-state index contributed by atoms with van der Waals surface area (Å²) < 4.78 is 5.64. The lowest BCUT2D eigenvalue weighted by atomic mass is 9.92. The van der Waals surface area contributed by atoms with Gasteiger partial charge < -0.3 is 15.0 Å². The van der Waals surface area contributed by atoms with Crippen LogP contribution < -0.4 is 5.32 Å². The van der Waals surface area contributed by atoms with Gasteiger partial charge >= 0.3 is 0 Å². The summed E-state index contributed by atoms with van der Waals surface area (Å²) in [6.07, 6.45) is 4.08. The average Bonchev–Trinajstić information content (AvgIpc) is 2.81. The molecular formula is C14H27N3O.